The molecule has 0 radical (unpaired) electrons. The third-order valence-corrected chi connectivity index (χ3v) is 3.89. The number of hydrogen-bond donors (Lipinski definition) is 2. The topological polar surface area (TPSA) is 100 Å². The average molecular weight is 347 g/mol. The molecule has 1 fully saturated rings. The molecule has 1 aromatic heterocycles. The lowest BCUT2D eigenvalue weighted by atomic mass is 10.1. The number of aromatic nitrogens is 2. The Hall–Kier alpha value is -2.97. The Morgan fingerprint density at radius 1 is 1.44 bits per heavy atom. The first-order valence-electron chi connectivity index (χ1n) is 7.89. The van der Waals surface area contributed by atoms with Crippen molar-refractivity contribution < 1.29 is 18.5 Å². The Balaban J connectivity index is 1.65. The third-order valence-electron chi connectivity index (χ3n) is 3.89. The minimum Gasteiger partial charge on any atom is -0.353 e. The van der Waals surface area contributed by atoms with Crippen LogP contribution in [0.2, 0.25) is 0 Å². The normalized spacial score (nSPS) is 17.3. The first-order chi connectivity index (χ1) is 12.0. The third kappa shape index (κ3) is 4.11. The van der Waals surface area contributed by atoms with Gasteiger partial charge in [0.05, 0.1) is 6.42 Å². The van der Waals surface area contributed by atoms with Crippen LogP contribution in [0.25, 0.3) is 0 Å². The van der Waals surface area contributed by atoms with Crippen LogP contribution in [-0.4, -0.2) is 46.1 Å². The predicted octanol–water partition coefficient (Wildman–Crippen LogP) is 0.770. The lowest BCUT2D eigenvalue weighted by Crippen LogP contribution is -2.60. The zero-order valence-electron chi connectivity index (χ0n) is 13.7. The van der Waals surface area contributed by atoms with Crippen LogP contribution in [0.5, 0.6) is 0 Å². The molecule has 2 heterocycles. The van der Waals surface area contributed by atoms with Gasteiger partial charge < -0.3 is 20.1 Å². The van der Waals surface area contributed by atoms with E-state index in [4.69, 9.17) is 4.52 Å². The van der Waals surface area contributed by atoms with Crippen molar-refractivity contribution in [1.82, 2.24) is 25.7 Å². The number of amides is 3. The summed E-state index contributed by atoms with van der Waals surface area (Å²) in [6.07, 6.45) is 0.149. The molecule has 2 aromatic rings. The lowest BCUT2D eigenvalue weighted by Gasteiger charge is -2.34. The molecule has 25 heavy (non-hydrogen) atoms. The van der Waals surface area contributed by atoms with Gasteiger partial charge in [-0.3, -0.25) is 4.79 Å². The predicted molar refractivity (Wildman–Crippen MR) is 84.9 cm³/mol. The fourth-order valence-electron chi connectivity index (χ4n) is 2.63. The fraction of sp³-hybridized carbons (Fsp3) is 0.375. The van der Waals surface area contributed by atoms with E-state index in [9.17, 15) is 14.0 Å². The van der Waals surface area contributed by atoms with E-state index in [1.807, 2.05) is 0 Å². The molecule has 1 saturated heterocycles. The summed E-state index contributed by atoms with van der Waals surface area (Å²) in [5, 5.41) is 9.17. The highest BCUT2D eigenvalue weighted by Crippen LogP contribution is 2.12. The number of carbonyl (C=O) groups excluding carboxylic acids is 2. The quantitative estimate of drug-likeness (QED) is 0.851. The Morgan fingerprint density at radius 3 is 2.88 bits per heavy atom. The van der Waals surface area contributed by atoms with Gasteiger partial charge in [0, 0.05) is 19.6 Å². The van der Waals surface area contributed by atoms with Gasteiger partial charge in [0.25, 0.3) is 0 Å². The molecule has 0 spiro atoms. The minimum absolute atomic E-state index is 0.149. The van der Waals surface area contributed by atoms with Crippen molar-refractivity contribution in [2.75, 3.05) is 13.1 Å². The van der Waals surface area contributed by atoms with Crippen molar-refractivity contribution in [2.45, 2.75) is 25.9 Å². The van der Waals surface area contributed by atoms with Crippen molar-refractivity contribution in [3.05, 3.63) is 47.4 Å². The standard InChI is InChI=1S/C16H18FN5O3/c1-10-20-14(25-21-10)8-13-15(23)18-6-7-22(13)16(24)19-9-11-2-4-12(17)5-3-11/h2-5,13H,6-9H2,1H3,(H,18,23)(H,19,24). The Bertz CT molecular complexity index is 761. The number of halogens is 1. The van der Waals surface area contributed by atoms with Crippen LogP contribution in [0.3, 0.4) is 0 Å². The summed E-state index contributed by atoms with van der Waals surface area (Å²) in [4.78, 5) is 30.2. The molecule has 1 atom stereocenters. The number of rotatable bonds is 4. The number of aryl methyl sites for hydroxylation is 1. The molecule has 1 aliphatic rings. The van der Waals surface area contributed by atoms with Gasteiger partial charge in [-0.05, 0) is 24.6 Å². The van der Waals surface area contributed by atoms with Gasteiger partial charge in [-0.25, -0.2) is 9.18 Å². The molecular weight excluding hydrogens is 329 g/mol. The van der Waals surface area contributed by atoms with Crippen LogP contribution in [0.1, 0.15) is 17.3 Å². The van der Waals surface area contributed by atoms with Crippen molar-refractivity contribution in [2.24, 2.45) is 0 Å². The molecule has 3 rings (SSSR count). The van der Waals surface area contributed by atoms with E-state index >= 15 is 0 Å². The van der Waals surface area contributed by atoms with E-state index in [1.165, 1.54) is 17.0 Å². The summed E-state index contributed by atoms with van der Waals surface area (Å²) in [6.45, 7) is 2.67. The fourth-order valence-corrected chi connectivity index (χ4v) is 2.63. The van der Waals surface area contributed by atoms with Crippen molar-refractivity contribution in [1.29, 1.82) is 0 Å². The van der Waals surface area contributed by atoms with E-state index in [0.717, 1.165) is 5.56 Å². The minimum atomic E-state index is -0.721. The molecule has 1 unspecified atom stereocenters. The highest BCUT2D eigenvalue weighted by molar-refractivity contribution is 5.88. The highest BCUT2D eigenvalue weighted by atomic mass is 19.1. The molecule has 0 saturated carbocycles. The second-order valence-electron chi connectivity index (χ2n) is 5.72. The van der Waals surface area contributed by atoms with Gasteiger partial charge in [0.15, 0.2) is 5.82 Å². The molecule has 132 valence electrons. The number of piperazine rings is 1. The zero-order chi connectivity index (χ0) is 17.8. The summed E-state index contributed by atoms with van der Waals surface area (Å²) in [5.41, 5.74) is 0.764. The lowest BCUT2D eigenvalue weighted by molar-refractivity contribution is -0.127. The molecule has 2 N–H and O–H groups in total. The monoisotopic (exact) mass is 347 g/mol. The number of nitrogens with zero attached hydrogens (tertiary/aromatic N) is 3. The van der Waals surface area contributed by atoms with E-state index in [-0.39, 0.29) is 30.7 Å². The van der Waals surface area contributed by atoms with E-state index < -0.39 is 6.04 Å². The van der Waals surface area contributed by atoms with Gasteiger partial charge in [-0.15, -0.1) is 0 Å². The maximum Gasteiger partial charge on any atom is 0.318 e. The van der Waals surface area contributed by atoms with Gasteiger partial charge in [0.1, 0.15) is 11.9 Å². The number of urea groups is 1. The first kappa shape index (κ1) is 16.9. The van der Waals surface area contributed by atoms with Crippen molar-refractivity contribution in [3.63, 3.8) is 0 Å². The van der Waals surface area contributed by atoms with Crippen molar-refractivity contribution in [3.8, 4) is 0 Å². The first-order valence-corrected chi connectivity index (χ1v) is 7.89. The zero-order valence-corrected chi connectivity index (χ0v) is 13.7. The second kappa shape index (κ2) is 7.29. The Morgan fingerprint density at radius 2 is 2.20 bits per heavy atom. The Kier molecular flexibility index (Phi) is 4.92. The summed E-state index contributed by atoms with van der Waals surface area (Å²) in [7, 11) is 0. The molecular formula is C16H18FN5O3. The maximum absolute atomic E-state index is 12.9. The molecule has 0 bridgehead atoms. The number of carbonyl (C=O) groups is 2. The summed E-state index contributed by atoms with van der Waals surface area (Å²) in [5.74, 6) is 0.172. The van der Waals surface area contributed by atoms with Gasteiger partial charge >= 0.3 is 6.03 Å². The second-order valence-corrected chi connectivity index (χ2v) is 5.72. The highest BCUT2D eigenvalue weighted by Gasteiger charge is 2.34. The number of hydrogen-bond acceptors (Lipinski definition) is 5. The van der Waals surface area contributed by atoms with Crippen LogP contribution in [0, 0.1) is 12.7 Å². The summed E-state index contributed by atoms with van der Waals surface area (Å²) < 4.78 is 18.0. The van der Waals surface area contributed by atoms with E-state index in [2.05, 4.69) is 20.8 Å². The van der Waals surface area contributed by atoms with Crippen LogP contribution >= 0.6 is 0 Å². The van der Waals surface area contributed by atoms with Crippen LogP contribution in [-0.2, 0) is 17.8 Å². The molecule has 1 aromatic carbocycles. The van der Waals surface area contributed by atoms with Crippen molar-refractivity contribution >= 4 is 11.9 Å². The smallest absolute Gasteiger partial charge is 0.318 e. The largest absolute Gasteiger partial charge is 0.353 e. The number of nitrogens with one attached hydrogen (secondary N) is 2. The summed E-state index contributed by atoms with van der Waals surface area (Å²) >= 11 is 0. The van der Waals surface area contributed by atoms with Gasteiger partial charge in [0.2, 0.25) is 11.8 Å². The Labute approximate surface area is 143 Å². The van der Waals surface area contributed by atoms with Crippen LogP contribution < -0.4 is 10.6 Å². The van der Waals surface area contributed by atoms with E-state index in [0.29, 0.717) is 24.8 Å². The number of benzene rings is 1. The van der Waals surface area contributed by atoms with Gasteiger partial charge in [-0.1, -0.05) is 17.3 Å². The van der Waals surface area contributed by atoms with Crippen LogP contribution in [0.4, 0.5) is 9.18 Å². The average Bonchev–Trinajstić information content (AvgIpc) is 3.01. The summed E-state index contributed by atoms with van der Waals surface area (Å²) in [6, 6.07) is 4.75. The molecule has 3 amide bonds. The molecule has 9 heteroatoms. The molecule has 0 aliphatic carbocycles. The maximum atomic E-state index is 12.9. The molecule has 8 nitrogen and oxygen atoms in total. The van der Waals surface area contributed by atoms with E-state index in [1.54, 1.807) is 19.1 Å². The van der Waals surface area contributed by atoms with Crippen LogP contribution in [0.15, 0.2) is 28.8 Å². The van der Waals surface area contributed by atoms with Gasteiger partial charge in [-0.2, -0.15) is 4.98 Å². The SMILES string of the molecule is Cc1noc(CC2C(=O)NCCN2C(=O)NCc2ccc(F)cc2)n1. The molecule has 1 aliphatic heterocycles.